The van der Waals surface area contributed by atoms with Crippen molar-refractivity contribution in [2.24, 2.45) is 0 Å². The molecular formula is C22H22N8O4. The predicted octanol–water partition coefficient (Wildman–Crippen LogP) is 0.588. The number of carbonyl (C=O) groups excluding carboxylic acids is 1. The number of nitrogens with one attached hydrogen (secondary N) is 1. The minimum atomic E-state index is -0.767. The number of H-pyrrole nitrogens is 1. The lowest BCUT2D eigenvalue weighted by atomic mass is 10.1. The van der Waals surface area contributed by atoms with Gasteiger partial charge in [0, 0.05) is 12.7 Å². The number of carbonyl (C=O) groups is 1. The summed E-state index contributed by atoms with van der Waals surface area (Å²) in [4.78, 5) is 42.5. The molecule has 1 amide bonds. The molecule has 0 aliphatic heterocycles. The Labute approximate surface area is 193 Å². The number of anilines is 2. The van der Waals surface area contributed by atoms with E-state index in [1.165, 1.54) is 27.6 Å². The van der Waals surface area contributed by atoms with Crippen LogP contribution < -0.4 is 21.9 Å². The van der Waals surface area contributed by atoms with Crippen molar-refractivity contribution >= 4 is 17.4 Å². The molecule has 174 valence electrons. The summed E-state index contributed by atoms with van der Waals surface area (Å²) < 4.78 is 7.62. The molecule has 0 saturated carbocycles. The summed E-state index contributed by atoms with van der Waals surface area (Å²) in [6, 6.07) is 15.8. The lowest BCUT2D eigenvalue weighted by Crippen LogP contribution is -2.41. The van der Waals surface area contributed by atoms with Crippen LogP contribution in [0.15, 0.2) is 70.5 Å². The van der Waals surface area contributed by atoms with Crippen molar-refractivity contribution in [3.63, 3.8) is 0 Å². The second kappa shape index (κ2) is 9.92. The van der Waals surface area contributed by atoms with E-state index in [1.54, 1.807) is 24.3 Å². The van der Waals surface area contributed by atoms with Crippen LogP contribution in [-0.2, 0) is 17.8 Å². The fraction of sp³-hybridized carbons (Fsp3) is 0.182. The number of nitrogens with zero attached hydrogens (tertiary/aromatic N) is 6. The van der Waals surface area contributed by atoms with Gasteiger partial charge in [-0.15, -0.1) is 5.10 Å². The molecular weight excluding hydrogens is 440 g/mol. The number of nitrogens with two attached hydrogens (primary N) is 1. The minimum Gasteiger partial charge on any atom is -0.383 e. The highest BCUT2D eigenvalue weighted by Crippen LogP contribution is 2.23. The largest absolute Gasteiger partial charge is 0.383 e. The molecule has 2 aromatic carbocycles. The summed E-state index contributed by atoms with van der Waals surface area (Å²) in [7, 11) is 1.48. The number of aromatic amines is 1. The normalized spacial score (nSPS) is 10.9. The third kappa shape index (κ3) is 4.61. The second-order valence-corrected chi connectivity index (χ2v) is 7.32. The molecule has 0 bridgehead atoms. The third-order valence-electron chi connectivity index (χ3n) is 5.14. The van der Waals surface area contributed by atoms with Gasteiger partial charge in [0.15, 0.2) is 5.69 Å². The zero-order valence-corrected chi connectivity index (χ0v) is 18.3. The molecule has 0 radical (unpaired) electrons. The SMILES string of the molecule is COCCn1c(N)c(N(Cc2ccccc2)C(=O)c2cccc(-n3cnnn3)c2)c(=O)[nH]c1=O. The standard InChI is InChI=1S/C22H22N8O4/c1-34-11-10-28-19(23)18(20(31)25-22(28)33)29(13-15-6-3-2-4-7-15)21(32)16-8-5-9-17(12-16)30-14-24-26-27-30/h2-9,12,14H,10-11,13,23H2,1H3,(H,25,31,33). The number of aromatic nitrogens is 6. The lowest BCUT2D eigenvalue weighted by Gasteiger charge is -2.25. The Kier molecular flexibility index (Phi) is 6.59. The average molecular weight is 462 g/mol. The van der Waals surface area contributed by atoms with Crippen LogP contribution in [0.25, 0.3) is 5.69 Å². The van der Waals surface area contributed by atoms with Crippen LogP contribution >= 0.6 is 0 Å². The van der Waals surface area contributed by atoms with Crippen LogP contribution in [0.3, 0.4) is 0 Å². The highest BCUT2D eigenvalue weighted by atomic mass is 16.5. The van der Waals surface area contributed by atoms with Crippen molar-refractivity contribution in [3.8, 4) is 5.69 Å². The first-order chi connectivity index (χ1) is 16.5. The number of rotatable bonds is 8. The van der Waals surface area contributed by atoms with Crippen molar-refractivity contribution in [2.45, 2.75) is 13.1 Å². The Bertz CT molecular complexity index is 1400. The number of amides is 1. The molecule has 0 atom stereocenters. The van der Waals surface area contributed by atoms with Crippen LogP contribution in [0, 0.1) is 0 Å². The van der Waals surface area contributed by atoms with Gasteiger partial charge in [0.2, 0.25) is 0 Å². The summed E-state index contributed by atoms with van der Waals surface area (Å²) in [5.74, 6) is -0.625. The molecule has 2 aromatic heterocycles. The molecule has 34 heavy (non-hydrogen) atoms. The Morgan fingerprint density at radius 2 is 1.94 bits per heavy atom. The van der Waals surface area contributed by atoms with Crippen molar-refractivity contribution in [1.29, 1.82) is 0 Å². The number of methoxy groups -OCH3 is 1. The Balaban J connectivity index is 1.83. The van der Waals surface area contributed by atoms with Gasteiger partial charge in [-0.05, 0) is 34.2 Å². The molecule has 12 heteroatoms. The zero-order chi connectivity index (χ0) is 24.1. The van der Waals surface area contributed by atoms with E-state index in [4.69, 9.17) is 10.5 Å². The quantitative estimate of drug-likeness (QED) is 0.386. The molecule has 2 heterocycles. The Morgan fingerprint density at radius 1 is 1.15 bits per heavy atom. The van der Waals surface area contributed by atoms with Gasteiger partial charge in [-0.3, -0.25) is 24.0 Å². The number of hydrogen-bond acceptors (Lipinski definition) is 8. The van der Waals surface area contributed by atoms with E-state index in [1.807, 2.05) is 30.3 Å². The van der Waals surface area contributed by atoms with Gasteiger partial charge in [-0.25, -0.2) is 9.48 Å². The van der Waals surface area contributed by atoms with Gasteiger partial charge in [-0.2, -0.15) is 0 Å². The number of benzene rings is 2. The number of ether oxygens (including phenoxy) is 1. The van der Waals surface area contributed by atoms with Crippen molar-refractivity contribution in [3.05, 3.63) is 92.9 Å². The predicted molar refractivity (Wildman–Crippen MR) is 124 cm³/mol. The molecule has 4 aromatic rings. The summed E-state index contributed by atoms with van der Waals surface area (Å²) in [6.45, 7) is 0.341. The van der Waals surface area contributed by atoms with Gasteiger partial charge in [0.25, 0.3) is 11.5 Å². The van der Waals surface area contributed by atoms with Crippen molar-refractivity contribution < 1.29 is 9.53 Å². The van der Waals surface area contributed by atoms with Gasteiger partial charge in [0.05, 0.1) is 25.4 Å². The number of nitrogen functional groups attached to an aromatic ring is 1. The van der Waals surface area contributed by atoms with E-state index in [2.05, 4.69) is 20.5 Å². The Hall–Kier alpha value is -4.58. The van der Waals surface area contributed by atoms with E-state index in [-0.39, 0.29) is 36.8 Å². The third-order valence-corrected chi connectivity index (χ3v) is 5.14. The summed E-state index contributed by atoms with van der Waals surface area (Å²) >= 11 is 0. The minimum absolute atomic E-state index is 0.0462. The number of hydrogen-bond donors (Lipinski definition) is 2. The van der Waals surface area contributed by atoms with E-state index < -0.39 is 17.2 Å². The molecule has 0 spiro atoms. The van der Waals surface area contributed by atoms with Crippen molar-refractivity contribution in [2.75, 3.05) is 24.4 Å². The van der Waals surface area contributed by atoms with Gasteiger partial charge >= 0.3 is 5.69 Å². The monoisotopic (exact) mass is 462 g/mol. The van der Waals surface area contributed by atoms with E-state index in [0.717, 1.165) is 5.56 Å². The molecule has 0 saturated heterocycles. The van der Waals surface area contributed by atoms with E-state index in [9.17, 15) is 14.4 Å². The molecule has 0 fully saturated rings. The highest BCUT2D eigenvalue weighted by Gasteiger charge is 2.26. The molecule has 0 aliphatic rings. The van der Waals surface area contributed by atoms with E-state index in [0.29, 0.717) is 5.69 Å². The van der Waals surface area contributed by atoms with Crippen LogP contribution in [0.4, 0.5) is 11.5 Å². The molecule has 4 rings (SSSR count). The fourth-order valence-corrected chi connectivity index (χ4v) is 3.48. The van der Waals surface area contributed by atoms with Crippen LogP contribution in [0.2, 0.25) is 0 Å². The first-order valence-corrected chi connectivity index (χ1v) is 10.3. The molecule has 0 aliphatic carbocycles. The first-order valence-electron chi connectivity index (χ1n) is 10.3. The lowest BCUT2D eigenvalue weighted by molar-refractivity contribution is 0.0984. The summed E-state index contributed by atoms with van der Waals surface area (Å²) in [6.07, 6.45) is 1.40. The van der Waals surface area contributed by atoms with E-state index >= 15 is 0 Å². The van der Waals surface area contributed by atoms with Crippen LogP contribution in [0.1, 0.15) is 15.9 Å². The van der Waals surface area contributed by atoms with Crippen LogP contribution in [0.5, 0.6) is 0 Å². The maximum Gasteiger partial charge on any atom is 0.330 e. The number of tetrazole rings is 1. The zero-order valence-electron chi connectivity index (χ0n) is 18.3. The smallest absolute Gasteiger partial charge is 0.330 e. The summed E-state index contributed by atoms with van der Waals surface area (Å²) in [5.41, 5.74) is 6.29. The molecule has 0 unspecified atom stereocenters. The van der Waals surface area contributed by atoms with Gasteiger partial charge < -0.3 is 10.5 Å². The second-order valence-electron chi connectivity index (χ2n) is 7.32. The van der Waals surface area contributed by atoms with Gasteiger partial charge in [-0.1, -0.05) is 36.4 Å². The first kappa shape index (κ1) is 22.6. The van der Waals surface area contributed by atoms with Gasteiger partial charge in [0.1, 0.15) is 12.1 Å². The maximum absolute atomic E-state index is 13.7. The highest BCUT2D eigenvalue weighted by molar-refractivity contribution is 6.07. The topological polar surface area (TPSA) is 154 Å². The molecule has 12 nitrogen and oxygen atoms in total. The van der Waals surface area contributed by atoms with Crippen molar-refractivity contribution in [1.82, 2.24) is 29.8 Å². The molecule has 3 N–H and O–H groups in total. The Morgan fingerprint density at radius 3 is 2.65 bits per heavy atom. The maximum atomic E-state index is 13.7. The average Bonchev–Trinajstić information content (AvgIpc) is 3.39. The van der Waals surface area contributed by atoms with Crippen LogP contribution in [-0.4, -0.2) is 49.4 Å². The fourth-order valence-electron chi connectivity index (χ4n) is 3.48. The summed E-state index contributed by atoms with van der Waals surface area (Å²) in [5, 5.41) is 11.1.